The normalized spacial score (nSPS) is 20.0. The van der Waals surface area contributed by atoms with Crippen LogP contribution in [0.4, 0.5) is 5.69 Å². The maximum Gasteiger partial charge on any atom is 0.221 e. The molecule has 1 amide bonds. The fourth-order valence-electron chi connectivity index (χ4n) is 2.48. The molecule has 0 spiro atoms. The van der Waals surface area contributed by atoms with Gasteiger partial charge in [0, 0.05) is 24.7 Å². The van der Waals surface area contributed by atoms with Crippen molar-refractivity contribution in [2.45, 2.75) is 45.2 Å². The summed E-state index contributed by atoms with van der Waals surface area (Å²) in [6, 6.07) is 8.90. The van der Waals surface area contributed by atoms with Gasteiger partial charge in [-0.15, -0.1) is 0 Å². The maximum atomic E-state index is 11.1. The Hall–Kier alpha value is -1.61. The Labute approximate surface area is 115 Å². The Bertz CT molecular complexity index is 468. The summed E-state index contributed by atoms with van der Waals surface area (Å²) in [4.78, 5) is 11.1. The van der Waals surface area contributed by atoms with Gasteiger partial charge in [0.05, 0.1) is 0 Å². The molecule has 2 N–H and O–H groups in total. The van der Waals surface area contributed by atoms with E-state index in [9.17, 15) is 4.79 Å². The van der Waals surface area contributed by atoms with Gasteiger partial charge < -0.3 is 10.6 Å². The fraction of sp³-hybridized carbons (Fsp3) is 0.438. The van der Waals surface area contributed by atoms with Gasteiger partial charge in [0.1, 0.15) is 0 Å². The average Bonchev–Trinajstić information content (AvgIpc) is 2.39. The molecule has 0 radical (unpaired) electrons. The molecule has 0 heterocycles. The number of hydrogen-bond donors (Lipinski definition) is 2. The molecule has 0 fully saturated rings. The molecule has 0 saturated carbocycles. The minimum Gasteiger partial charge on any atom is -0.326 e. The SMILES string of the molecule is CC(=O)Nc1cccc(C(C)NC2CC=CCC2)c1. The Morgan fingerprint density at radius 3 is 2.89 bits per heavy atom. The van der Waals surface area contributed by atoms with E-state index in [0.717, 1.165) is 18.5 Å². The van der Waals surface area contributed by atoms with Crippen molar-refractivity contribution < 1.29 is 4.79 Å². The van der Waals surface area contributed by atoms with E-state index in [1.54, 1.807) is 0 Å². The zero-order chi connectivity index (χ0) is 13.7. The predicted molar refractivity (Wildman–Crippen MR) is 79.1 cm³/mol. The van der Waals surface area contributed by atoms with Gasteiger partial charge in [-0.3, -0.25) is 4.79 Å². The summed E-state index contributed by atoms with van der Waals surface area (Å²) in [6.07, 6.45) is 7.97. The molecule has 102 valence electrons. The highest BCUT2D eigenvalue weighted by Crippen LogP contribution is 2.20. The number of carbonyl (C=O) groups is 1. The van der Waals surface area contributed by atoms with E-state index in [-0.39, 0.29) is 5.91 Å². The fourth-order valence-corrected chi connectivity index (χ4v) is 2.48. The summed E-state index contributed by atoms with van der Waals surface area (Å²) in [6.45, 7) is 3.70. The molecule has 1 aromatic rings. The largest absolute Gasteiger partial charge is 0.326 e. The van der Waals surface area contributed by atoms with Gasteiger partial charge in [0.2, 0.25) is 5.91 Å². The number of rotatable bonds is 4. The molecule has 1 aromatic carbocycles. The van der Waals surface area contributed by atoms with Gasteiger partial charge in [-0.25, -0.2) is 0 Å². The number of nitrogens with one attached hydrogen (secondary N) is 2. The van der Waals surface area contributed by atoms with Crippen molar-refractivity contribution in [3.05, 3.63) is 42.0 Å². The topological polar surface area (TPSA) is 41.1 Å². The molecule has 19 heavy (non-hydrogen) atoms. The zero-order valence-electron chi connectivity index (χ0n) is 11.6. The van der Waals surface area contributed by atoms with Crippen molar-refractivity contribution in [1.29, 1.82) is 0 Å². The third-order valence-corrected chi connectivity index (χ3v) is 3.46. The second-order valence-corrected chi connectivity index (χ2v) is 5.18. The van der Waals surface area contributed by atoms with Crippen molar-refractivity contribution in [2.75, 3.05) is 5.32 Å². The van der Waals surface area contributed by atoms with Crippen LogP contribution in [-0.2, 0) is 4.79 Å². The first kappa shape index (κ1) is 13.8. The van der Waals surface area contributed by atoms with Gasteiger partial charge in [0.15, 0.2) is 0 Å². The minimum atomic E-state index is -0.0322. The van der Waals surface area contributed by atoms with Gasteiger partial charge in [0.25, 0.3) is 0 Å². The molecule has 0 bridgehead atoms. The van der Waals surface area contributed by atoms with Crippen LogP contribution in [0, 0.1) is 0 Å². The highest BCUT2D eigenvalue weighted by molar-refractivity contribution is 5.88. The number of benzene rings is 1. The first-order valence-electron chi connectivity index (χ1n) is 6.94. The van der Waals surface area contributed by atoms with E-state index < -0.39 is 0 Å². The lowest BCUT2D eigenvalue weighted by molar-refractivity contribution is -0.114. The second kappa shape index (κ2) is 6.53. The van der Waals surface area contributed by atoms with Gasteiger partial charge in [-0.1, -0.05) is 24.3 Å². The van der Waals surface area contributed by atoms with Gasteiger partial charge in [-0.05, 0) is 43.9 Å². The first-order chi connectivity index (χ1) is 9.15. The van der Waals surface area contributed by atoms with Gasteiger partial charge in [-0.2, -0.15) is 0 Å². The number of allylic oxidation sites excluding steroid dienone is 1. The molecular formula is C16H22N2O. The third kappa shape index (κ3) is 4.21. The summed E-state index contributed by atoms with van der Waals surface area (Å²) in [5.74, 6) is -0.0322. The predicted octanol–water partition coefficient (Wildman–Crippen LogP) is 3.40. The minimum absolute atomic E-state index is 0.0322. The molecule has 1 aliphatic carbocycles. The molecule has 0 aliphatic heterocycles. The first-order valence-corrected chi connectivity index (χ1v) is 6.94. The van der Waals surface area contributed by atoms with E-state index in [1.165, 1.54) is 18.9 Å². The van der Waals surface area contributed by atoms with Crippen LogP contribution < -0.4 is 10.6 Å². The van der Waals surface area contributed by atoms with Crippen LogP contribution in [0.5, 0.6) is 0 Å². The van der Waals surface area contributed by atoms with E-state index in [4.69, 9.17) is 0 Å². The monoisotopic (exact) mass is 258 g/mol. The lowest BCUT2D eigenvalue weighted by atomic mass is 9.99. The summed E-state index contributed by atoms with van der Waals surface area (Å²) in [7, 11) is 0. The van der Waals surface area contributed by atoms with Crippen LogP contribution in [0.3, 0.4) is 0 Å². The van der Waals surface area contributed by atoms with Crippen molar-refractivity contribution in [3.63, 3.8) is 0 Å². The molecule has 2 atom stereocenters. The molecule has 2 unspecified atom stereocenters. The van der Waals surface area contributed by atoms with Crippen LogP contribution in [0.15, 0.2) is 36.4 Å². The van der Waals surface area contributed by atoms with Crippen LogP contribution in [0.2, 0.25) is 0 Å². The molecule has 3 nitrogen and oxygen atoms in total. The maximum absolute atomic E-state index is 11.1. The van der Waals surface area contributed by atoms with Crippen molar-refractivity contribution in [2.24, 2.45) is 0 Å². The lowest BCUT2D eigenvalue weighted by Gasteiger charge is -2.24. The number of anilines is 1. The smallest absolute Gasteiger partial charge is 0.221 e. The van der Waals surface area contributed by atoms with Crippen molar-refractivity contribution in [1.82, 2.24) is 5.32 Å². The Kier molecular flexibility index (Phi) is 4.74. The highest BCUT2D eigenvalue weighted by atomic mass is 16.1. The summed E-state index contributed by atoms with van der Waals surface area (Å²) < 4.78 is 0. The number of amides is 1. The van der Waals surface area contributed by atoms with E-state index in [1.807, 2.05) is 18.2 Å². The standard InChI is InChI=1S/C16H22N2O/c1-12(17-15-8-4-3-5-9-15)14-7-6-10-16(11-14)18-13(2)19/h3-4,6-7,10-12,15,17H,5,8-9H2,1-2H3,(H,18,19). The van der Waals surface area contributed by atoms with Crippen LogP contribution >= 0.6 is 0 Å². The third-order valence-electron chi connectivity index (χ3n) is 3.46. The molecule has 0 saturated heterocycles. The van der Waals surface area contributed by atoms with E-state index >= 15 is 0 Å². The molecule has 3 heteroatoms. The molecular weight excluding hydrogens is 236 g/mol. The Morgan fingerprint density at radius 2 is 2.21 bits per heavy atom. The van der Waals surface area contributed by atoms with Crippen molar-refractivity contribution >= 4 is 11.6 Å². The molecule has 1 aliphatic rings. The van der Waals surface area contributed by atoms with E-state index in [2.05, 4.69) is 35.8 Å². The summed E-state index contributed by atoms with van der Waals surface area (Å²) in [5, 5.41) is 6.48. The van der Waals surface area contributed by atoms with Crippen molar-refractivity contribution in [3.8, 4) is 0 Å². The molecule has 0 aromatic heterocycles. The number of carbonyl (C=O) groups excluding carboxylic acids is 1. The Morgan fingerprint density at radius 1 is 1.37 bits per heavy atom. The number of hydrogen-bond acceptors (Lipinski definition) is 2. The summed E-state index contributed by atoms with van der Waals surface area (Å²) >= 11 is 0. The van der Waals surface area contributed by atoms with Crippen LogP contribution in [0.1, 0.15) is 44.7 Å². The quantitative estimate of drug-likeness (QED) is 0.813. The highest BCUT2D eigenvalue weighted by Gasteiger charge is 2.14. The van der Waals surface area contributed by atoms with Crippen LogP contribution in [0.25, 0.3) is 0 Å². The Balaban J connectivity index is 1.99. The van der Waals surface area contributed by atoms with Gasteiger partial charge >= 0.3 is 0 Å². The molecule has 2 rings (SSSR count). The van der Waals surface area contributed by atoms with Crippen LogP contribution in [-0.4, -0.2) is 11.9 Å². The summed E-state index contributed by atoms with van der Waals surface area (Å²) in [5.41, 5.74) is 2.07. The lowest BCUT2D eigenvalue weighted by Crippen LogP contribution is -2.32. The second-order valence-electron chi connectivity index (χ2n) is 5.18. The zero-order valence-corrected chi connectivity index (χ0v) is 11.6. The average molecular weight is 258 g/mol. The van der Waals surface area contributed by atoms with E-state index in [0.29, 0.717) is 12.1 Å².